The van der Waals surface area contributed by atoms with Gasteiger partial charge in [0.15, 0.2) is 11.7 Å². The lowest BCUT2D eigenvalue weighted by molar-refractivity contribution is -0.121. The molecular weight excluding hydrogens is 414 g/mol. The maximum absolute atomic E-state index is 14.0. The number of aryl methyl sites for hydroxylation is 1. The van der Waals surface area contributed by atoms with Gasteiger partial charge in [-0.05, 0) is 24.3 Å². The number of carbonyl (C=O) groups is 1. The molecule has 7 heteroatoms. The molecule has 4 aromatic rings. The summed E-state index contributed by atoms with van der Waals surface area (Å²) in [6.45, 7) is 0. The van der Waals surface area contributed by atoms with E-state index in [0.717, 1.165) is 23.3 Å². The number of oxazole rings is 1. The molecule has 0 aliphatic carbocycles. The Hall–Kier alpha value is -4.00. The number of nitrogens with zero attached hydrogens (tertiary/aromatic N) is 1. The first-order valence-electron chi connectivity index (χ1n) is 10.1. The quantitative estimate of drug-likeness (QED) is 0.448. The first-order valence-corrected chi connectivity index (χ1v) is 10.1. The van der Waals surface area contributed by atoms with E-state index in [1.165, 1.54) is 12.3 Å². The Morgan fingerprint density at radius 3 is 2.34 bits per heavy atom. The van der Waals surface area contributed by atoms with Gasteiger partial charge in [0.2, 0.25) is 5.91 Å². The van der Waals surface area contributed by atoms with Crippen LogP contribution in [-0.2, 0) is 11.2 Å². The molecule has 1 amide bonds. The van der Waals surface area contributed by atoms with Crippen molar-refractivity contribution < 1.29 is 22.7 Å². The van der Waals surface area contributed by atoms with Crippen molar-refractivity contribution in [2.75, 3.05) is 0 Å². The minimum atomic E-state index is -0.734. The van der Waals surface area contributed by atoms with E-state index in [2.05, 4.69) is 10.3 Å². The summed E-state index contributed by atoms with van der Waals surface area (Å²) in [5.74, 6) is 0.303. The van der Waals surface area contributed by atoms with Crippen molar-refractivity contribution in [1.29, 1.82) is 0 Å². The van der Waals surface area contributed by atoms with E-state index in [-0.39, 0.29) is 36.1 Å². The zero-order valence-electron chi connectivity index (χ0n) is 16.8. The Morgan fingerprint density at radius 1 is 0.969 bits per heavy atom. The van der Waals surface area contributed by atoms with Gasteiger partial charge in [0.25, 0.3) is 0 Å². The van der Waals surface area contributed by atoms with E-state index >= 15 is 0 Å². The maximum atomic E-state index is 14.0. The lowest BCUT2D eigenvalue weighted by atomic mass is 9.94. The van der Waals surface area contributed by atoms with Gasteiger partial charge in [0.1, 0.15) is 23.1 Å². The molecule has 1 aliphatic rings. The molecule has 2 heterocycles. The van der Waals surface area contributed by atoms with E-state index in [0.29, 0.717) is 17.4 Å². The number of benzene rings is 3. The van der Waals surface area contributed by atoms with Crippen molar-refractivity contribution in [1.82, 2.24) is 10.3 Å². The molecule has 0 spiro atoms. The normalized spacial score (nSPS) is 12.6. The number of halogens is 2. The molecule has 160 valence electrons. The van der Waals surface area contributed by atoms with Crippen molar-refractivity contribution in [3.05, 3.63) is 102 Å². The van der Waals surface area contributed by atoms with Crippen molar-refractivity contribution in [2.45, 2.75) is 18.9 Å². The number of nitrogens with one attached hydrogen (secondary N) is 1. The van der Waals surface area contributed by atoms with Crippen LogP contribution in [0.25, 0.3) is 11.3 Å². The number of ether oxygens (including phenoxy) is 1. The molecule has 0 bridgehead atoms. The van der Waals surface area contributed by atoms with Crippen molar-refractivity contribution in [3.63, 3.8) is 0 Å². The fourth-order valence-corrected chi connectivity index (χ4v) is 3.76. The summed E-state index contributed by atoms with van der Waals surface area (Å²) in [4.78, 5) is 16.9. The number of hydrogen-bond donors (Lipinski definition) is 1. The average molecular weight is 432 g/mol. The molecule has 3 aromatic carbocycles. The fourth-order valence-electron chi connectivity index (χ4n) is 3.76. The Bertz CT molecular complexity index is 1260. The van der Waals surface area contributed by atoms with Gasteiger partial charge < -0.3 is 14.5 Å². The van der Waals surface area contributed by atoms with Gasteiger partial charge in [0, 0.05) is 30.0 Å². The van der Waals surface area contributed by atoms with E-state index in [1.54, 1.807) is 0 Å². The van der Waals surface area contributed by atoms with Crippen LogP contribution in [0.1, 0.15) is 29.5 Å². The van der Waals surface area contributed by atoms with Gasteiger partial charge in [-0.25, -0.2) is 13.8 Å². The summed E-state index contributed by atoms with van der Waals surface area (Å²) in [6, 6.07) is 18.1. The van der Waals surface area contributed by atoms with Crippen molar-refractivity contribution in [3.8, 4) is 22.8 Å². The lowest BCUT2D eigenvalue weighted by Crippen LogP contribution is -2.31. The number of carbonyl (C=O) groups excluding carboxylic acids is 1. The second kappa shape index (κ2) is 8.26. The van der Waals surface area contributed by atoms with Gasteiger partial charge in [-0.1, -0.05) is 36.4 Å². The third-order valence-corrected chi connectivity index (χ3v) is 5.30. The highest BCUT2D eigenvalue weighted by molar-refractivity contribution is 5.78. The minimum Gasteiger partial charge on any atom is -0.457 e. The van der Waals surface area contributed by atoms with Crippen LogP contribution < -0.4 is 10.1 Å². The molecule has 0 radical (unpaired) electrons. The van der Waals surface area contributed by atoms with Crippen LogP contribution in [0.15, 0.2) is 77.3 Å². The fraction of sp³-hybridized carbons (Fsp3) is 0.120. The SMILES string of the molecule is O=C(CCc1ncc(-c2ccc(F)cc2F)o1)NC1c2ccccc2Oc2ccccc21. The van der Waals surface area contributed by atoms with Crippen LogP contribution in [0.3, 0.4) is 0 Å². The van der Waals surface area contributed by atoms with E-state index < -0.39 is 11.6 Å². The van der Waals surface area contributed by atoms with Crippen LogP contribution in [0, 0.1) is 11.6 Å². The number of rotatable bonds is 5. The molecule has 0 saturated heterocycles. The second-order valence-electron chi connectivity index (χ2n) is 7.42. The lowest BCUT2D eigenvalue weighted by Gasteiger charge is -2.28. The first kappa shape index (κ1) is 19.9. The Balaban J connectivity index is 1.29. The predicted molar refractivity (Wildman–Crippen MR) is 113 cm³/mol. The number of fused-ring (bicyclic) bond motifs is 2. The molecule has 5 rings (SSSR count). The van der Waals surface area contributed by atoms with Crippen LogP contribution in [0.4, 0.5) is 8.78 Å². The van der Waals surface area contributed by atoms with E-state index in [1.807, 2.05) is 48.5 Å². The molecule has 1 aliphatic heterocycles. The molecule has 0 atom stereocenters. The van der Waals surface area contributed by atoms with Gasteiger partial charge in [-0.15, -0.1) is 0 Å². The maximum Gasteiger partial charge on any atom is 0.221 e. The van der Waals surface area contributed by atoms with Gasteiger partial charge in [-0.2, -0.15) is 0 Å². The summed E-state index contributed by atoms with van der Waals surface area (Å²) in [7, 11) is 0. The molecule has 1 N–H and O–H groups in total. The summed E-state index contributed by atoms with van der Waals surface area (Å²) >= 11 is 0. The van der Waals surface area contributed by atoms with Crippen molar-refractivity contribution >= 4 is 5.91 Å². The highest BCUT2D eigenvalue weighted by atomic mass is 19.1. The van der Waals surface area contributed by atoms with E-state index in [9.17, 15) is 13.6 Å². The monoisotopic (exact) mass is 432 g/mol. The number of para-hydroxylation sites is 2. The molecule has 32 heavy (non-hydrogen) atoms. The first-order chi connectivity index (χ1) is 15.6. The second-order valence-corrected chi connectivity index (χ2v) is 7.42. The Morgan fingerprint density at radius 2 is 1.66 bits per heavy atom. The molecule has 0 fully saturated rings. The Kier molecular flexibility index (Phi) is 5.15. The third-order valence-electron chi connectivity index (χ3n) is 5.30. The van der Waals surface area contributed by atoms with Crippen LogP contribution >= 0.6 is 0 Å². The topological polar surface area (TPSA) is 64.4 Å². The number of hydrogen-bond acceptors (Lipinski definition) is 4. The van der Waals surface area contributed by atoms with Crippen LogP contribution in [0.5, 0.6) is 11.5 Å². The average Bonchev–Trinajstić information content (AvgIpc) is 3.26. The van der Waals surface area contributed by atoms with Gasteiger partial charge >= 0.3 is 0 Å². The number of aromatic nitrogens is 1. The summed E-state index contributed by atoms with van der Waals surface area (Å²) < 4.78 is 38.6. The van der Waals surface area contributed by atoms with Crippen LogP contribution in [0.2, 0.25) is 0 Å². The standard InChI is InChI=1S/C25H18F2N2O3/c26-15-9-10-16(19(27)13-15)22-14-28-24(32-22)12-11-23(30)29-25-17-5-1-3-7-20(17)31-21-8-4-2-6-18(21)25/h1-10,13-14,25H,11-12H2,(H,29,30). The molecule has 1 aromatic heterocycles. The minimum absolute atomic E-state index is 0.116. The Labute approximate surface area is 182 Å². The predicted octanol–water partition coefficient (Wildman–Crippen LogP) is 5.56. The zero-order chi connectivity index (χ0) is 22.1. The third kappa shape index (κ3) is 3.85. The van der Waals surface area contributed by atoms with E-state index in [4.69, 9.17) is 9.15 Å². The largest absolute Gasteiger partial charge is 0.457 e. The highest BCUT2D eigenvalue weighted by Crippen LogP contribution is 2.42. The summed E-state index contributed by atoms with van der Waals surface area (Å²) in [5.41, 5.74) is 1.87. The smallest absolute Gasteiger partial charge is 0.221 e. The number of amides is 1. The molecule has 0 unspecified atom stereocenters. The molecular formula is C25H18F2N2O3. The van der Waals surface area contributed by atoms with Crippen LogP contribution in [-0.4, -0.2) is 10.9 Å². The van der Waals surface area contributed by atoms with Gasteiger partial charge in [0.05, 0.1) is 17.8 Å². The zero-order valence-corrected chi connectivity index (χ0v) is 16.8. The van der Waals surface area contributed by atoms with Crippen molar-refractivity contribution in [2.24, 2.45) is 0 Å². The summed E-state index contributed by atoms with van der Waals surface area (Å²) in [6.07, 6.45) is 1.74. The molecule has 5 nitrogen and oxygen atoms in total. The van der Waals surface area contributed by atoms with Gasteiger partial charge in [-0.3, -0.25) is 4.79 Å². The highest BCUT2D eigenvalue weighted by Gasteiger charge is 2.28. The molecule has 0 saturated carbocycles. The summed E-state index contributed by atoms with van der Waals surface area (Å²) in [5, 5.41) is 3.07.